The lowest BCUT2D eigenvalue weighted by molar-refractivity contribution is -0.116. The monoisotopic (exact) mass is 426 g/mol. The van der Waals surface area contributed by atoms with Gasteiger partial charge in [-0.05, 0) is 49.2 Å². The molecule has 8 nitrogen and oxygen atoms in total. The Morgan fingerprint density at radius 3 is 2.73 bits per heavy atom. The Hall–Kier alpha value is -3.33. The second-order valence-corrected chi connectivity index (χ2v) is 8.89. The van der Waals surface area contributed by atoms with E-state index >= 15 is 0 Å². The third-order valence-electron chi connectivity index (χ3n) is 5.13. The molecule has 0 fully saturated rings. The summed E-state index contributed by atoms with van der Waals surface area (Å²) in [6, 6.07) is 13.8. The van der Waals surface area contributed by atoms with Crippen LogP contribution in [-0.2, 0) is 21.2 Å². The van der Waals surface area contributed by atoms with Crippen LogP contribution in [0.1, 0.15) is 19.4 Å². The van der Waals surface area contributed by atoms with Gasteiger partial charge in [-0.3, -0.25) is 14.6 Å². The van der Waals surface area contributed by atoms with Gasteiger partial charge in [-0.1, -0.05) is 12.1 Å². The molecule has 0 saturated heterocycles. The third-order valence-corrected chi connectivity index (χ3v) is 6.48. The lowest BCUT2D eigenvalue weighted by Crippen LogP contribution is -2.33. The molecule has 4 rings (SSSR count). The zero-order valence-electron chi connectivity index (χ0n) is 16.8. The van der Waals surface area contributed by atoms with Crippen LogP contribution in [0.15, 0.2) is 53.4 Å². The Balaban J connectivity index is 1.60. The van der Waals surface area contributed by atoms with Crippen LogP contribution in [0.4, 0.5) is 11.5 Å². The van der Waals surface area contributed by atoms with Gasteiger partial charge in [0.25, 0.3) is 10.0 Å². The molecule has 1 amide bonds. The van der Waals surface area contributed by atoms with Crippen molar-refractivity contribution in [2.24, 2.45) is 0 Å². The number of anilines is 2. The largest absolute Gasteiger partial charge is 0.496 e. The van der Waals surface area contributed by atoms with Gasteiger partial charge >= 0.3 is 0 Å². The summed E-state index contributed by atoms with van der Waals surface area (Å²) >= 11 is 0. The van der Waals surface area contributed by atoms with E-state index < -0.39 is 10.0 Å². The number of para-hydroxylation sites is 1. The van der Waals surface area contributed by atoms with E-state index in [2.05, 4.69) is 14.9 Å². The number of nitrogens with one attached hydrogen (secondary N) is 2. The van der Waals surface area contributed by atoms with Gasteiger partial charge in [0.2, 0.25) is 5.91 Å². The van der Waals surface area contributed by atoms with E-state index in [1.807, 2.05) is 31.2 Å². The summed E-state index contributed by atoms with van der Waals surface area (Å²) < 4.78 is 33.6. The molecule has 0 radical (unpaired) electrons. The molecule has 30 heavy (non-hydrogen) atoms. The normalized spacial score (nSPS) is 15.7. The van der Waals surface area contributed by atoms with Crippen LogP contribution in [0, 0.1) is 0 Å². The number of rotatable bonds is 5. The zero-order chi connectivity index (χ0) is 21.5. The molecule has 1 aliphatic rings. The van der Waals surface area contributed by atoms with E-state index in [0.717, 1.165) is 16.8 Å². The fraction of sp³-hybridized carbons (Fsp3) is 0.238. The van der Waals surface area contributed by atoms with E-state index in [0.29, 0.717) is 17.9 Å². The number of aromatic nitrogens is 2. The van der Waals surface area contributed by atoms with Crippen molar-refractivity contribution in [3.63, 3.8) is 0 Å². The number of hydrogen-bond acceptors (Lipinski definition) is 5. The second kappa shape index (κ2) is 7.49. The Morgan fingerprint density at radius 1 is 1.23 bits per heavy atom. The highest BCUT2D eigenvalue weighted by atomic mass is 32.2. The average Bonchev–Trinajstić information content (AvgIpc) is 3.30. The quantitative estimate of drug-likeness (QED) is 0.652. The van der Waals surface area contributed by atoms with Crippen molar-refractivity contribution in [2.75, 3.05) is 16.7 Å². The first-order valence-corrected chi connectivity index (χ1v) is 10.9. The Bertz CT molecular complexity index is 1220. The summed E-state index contributed by atoms with van der Waals surface area (Å²) in [5.74, 6) is 0.767. The predicted octanol–water partition coefficient (Wildman–Crippen LogP) is 3.18. The van der Waals surface area contributed by atoms with E-state index in [1.54, 1.807) is 30.2 Å². The van der Waals surface area contributed by atoms with Crippen molar-refractivity contribution < 1.29 is 17.9 Å². The summed E-state index contributed by atoms with van der Waals surface area (Å²) in [5, 5.41) is 6.91. The molecule has 2 N–H and O–H groups in total. The van der Waals surface area contributed by atoms with Crippen LogP contribution >= 0.6 is 0 Å². The lowest BCUT2D eigenvalue weighted by atomic mass is 10.1. The number of benzene rings is 2. The molecule has 0 aliphatic carbocycles. The molecule has 1 aliphatic heterocycles. The van der Waals surface area contributed by atoms with Gasteiger partial charge in [-0.25, -0.2) is 8.42 Å². The molecule has 0 unspecified atom stereocenters. The van der Waals surface area contributed by atoms with Crippen LogP contribution in [0.5, 0.6) is 5.75 Å². The molecule has 0 spiro atoms. The van der Waals surface area contributed by atoms with Crippen molar-refractivity contribution in [3.05, 3.63) is 54.1 Å². The van der Waals surface area contributed by atoms with Gasteiger partial charge in [0.05, 0.1) is 17.7 Å². The third kappa shape index (κ3) is 3.52. The van der Waals surface area contributed by atoms with Crippen molar-refractivity contribution in [2.45, 2.75) is 31.2 Å². The van der Waals surface area contributed by atoms with Crippen molar-refractivity contribution in [1.82, 2.24) is 10.2 Å². The van der Waals surface area contributed by atoms with Gasteiger partial charge in [-0.15, -0.1) is 0 Å². The van der Waals surface area contributed by atoms with Gasteiger partial charge in [0.1, 0.15) is 5.75 Å². The topological polar surface area (TPSA) is 104 Å². The zero-order valence-corrected chi connectivity index (χ0v) is 17.7. The van der Waals surface area contributed by atoms with Crippen molar-refractivity contribution in [1.29, 1.82) is 0 Å². The Morgan fingerprint density at radius 2 is 2.00 bits per heavy atom. The highest BCUT2D eigenvalue weighted by molar-refractivity contribution is 7.92. The van der Waals surface area contributed by atoms with Gasteiger partial charge in [0, 0.05) is 30.3 Å². The second-order valence-electron chi connectivity index (χ2n) is 7.21. The number of sulfonamides is 1. The molecule has 2 aromatic carbocycles. The number of amides is 1. The minimum Gasteiger partial charge on any atom is -0.496 e. The smallest absolute Gasteiger partial charge is 0.263 e. The summed E-state index contributed by atoms with van der Waals surface area (Å²) in [7, 11) is -2.27. The summed E-state index contributed by atoms with van der Waals surface area (Å²) in [4.78, 5) is 13.7. The van der Waals surface area contributed by atoms with Crippen LogP contribution in [0.3, 0.4) is 0 Å². The van der Waals surface area contributed by atoms with E-state index in [4.69, 9.17) is 4.74 Å². The lowest BCUT2D eigenvalue weighted by Gasteiger charge is -2.20. The maximum absolute atomic E-state index is 12.9. The molecular formula is C21H22N4O4S. The number of hydrogen-bond donors (Lipinski definition) is 2. The van der Waals surface area contributed by atoms with E-state index in [1.165, 1.54) is 13.0 Å². The van der Waals surface area contributed by atoms with Crippen LogP contribution < -0.4 is 14.4 Å². The maximum Gasteiger partial charge on any atom is 0.263 e. The fourth-order valence-electron chi connectivity index (χ4n) is 3.83. The maximum atomic E-state index is 12.9. The number of nitrogens with zero attached hydrogens (tertiary/aromatic N) is 2. The van der Waals surface area contributed by atoms with Crippen LogP contribution in [0.2, 0.25) is 0 Å². The minimum absolute atomic E-state index is 0.00170. The molecular weight excluding hydrogens is 404 g/mol. The standard InChI is InChI=1S/C21H22N4O4S/c1-13-10-15-11-16(8-9-19(15)25(13)14(2)26)30(27,28)24-21-12-18(22-23-21)17-6-4-5-7-20(17)29-3/h4-9,11-13H,10H2,1-3H3,(H2,22,23,24)/t13-/m0/s1. The van der Waals surface area contributed by atoms with Crippen LogP contribution in [-0.4, -0.2) is 37.7 Å². The summed E-state index contributed by atoms with van der Waals surface area (Å²) in [6.45, 7) is 3.45. The summed E-state index contributed by atoms with van der Waals surface area (Å²) in [6.07, 6.45) is 0.610. The van der Waals surface area contributed by atoms with Gasteiger partial charge < -0.3 is 9.64 Å². The first-order chi connectivity index (χ1) is 14.3. The predicted molar refractivity (Wildman–Crippen MR) is 114 cm³/mol. The molecule has 1 aromatic heterocycles. The Labute approximate surface area is 174 Å². The number of ether oxygens (including phenoxy) is 1. The Kier molecular flexibility index (Phi) is 4.98. The van der Waals surface area contributed by atoms with Crippen LogP contribution in [0.25, 0.3) is 11.3 Å². The average molecular weight is 426 g/mol. The number of carbonyl (C=O) groups is 1. The molecule has 2 heterocycles. The summed E-state index contributed by atoms with van der Waals surface area (Å²) in [5.41, 5.74) is 2.99. The highest BCUT2D eigenvalue weighted by Crippen LogP contribution is 2.34. The van der Waals surface area contributed by atoms with E-state index in [9.17, 15) is 13.2 Å². The molecule has 0 bridgehead atoms. The molecule has 156 valence electrons. The van der Waals surface area contributed by atoms with Gasteiger partial charge in [-0.2, -0.15) is 5.10 Å². The highest BCUT2D eigenvalue weighted by Gasteiger charge is 2.30. The molecule has 3 aromatic rings. The fourth-order valence-corrected chi connectivity index (χ4v) is 4.87. The first-order valence-electron chi connectivity index (χ1n) is 9.44. The number of carbonyl (C=O) groups excluding carboxylic acids is 1. The minimum atomic E-state index is -3.84. The molecule has 9 heteroatoms. The van der Waals surface area contributed by atoms with Crippen molar-refractivity contribution >= 4 is 27.4 Å². The first kappa shape index (κ1) is 20.0. The number of H-pyrrole nitrogens is 1. The SMILES string of the molecule is COc1ccccc1-c1cc(NS(=O)(=O)c2ccc3c(c2)C[C@H](C)N3C(C)=O)n[nH]1. The van der Waals surface area contributed by atoms with Gasteiger partial charge in [0.15, 0.2) is 5.82 Å². The number of methoxy groups -OCH3 is 1. The number of aromatic amines is 1. The number of fused-ring (bicyclic) bond motifs is 1. The molecule has 0 saturated carbocycles. The van der Waals surface area contributed by atoms with Crippen molar-refractivity contribution in [3.8, 4) is 17.0 Å². The molecule has 1 atom stereocenters. The van der Waals surface area contributed by atoms with E-state index in [-0.39, 0.29) is 22.7 Å².